The molecule has 120 valence electrons. The molecule has 2 saturated carbocycles. The molecule has 0 spiro atoms. The van der Waals surface area contributed by atoms with Crippen LogP contribution in [0.15, 0.2) is 6.20 Å². The molecule has 22 heavy (non-hydrogen) atoms. The van der Waals surface area contributed by atoms with Crippen LogP contribution in [0.2, 0.25) is 0 Å². The second-order valence-electron chi connectivity index (χ2n) is 6.94. The molecule has 2 aliphatic carbocycles. The van der Waals surface area contributed by atoms with Gasteiger partial charge in [-0.1, -0.05) is 13.8 Å². The fraction of sp³-hybridized carbons (Fsp3) is 0.688. The maximum absolute atomic E-state index is 12.5. The van der Waals surface area contributed by atoms with Gasteiger partial charge < -0.3 is 15.4 Å². The van der Waals surface area contributed by atoms with Crippen LogP contribution >= 0.6 is 0 Å². The molecule has 6 nitrogen and oxygen atoms in total. The normalized spacial score (nSPS) is 23.1. The summed E-state index contributed by atoms with van der Waals surface area (Å²) in [5.41, 5.74) is 0.410. The summed E-state index contributed by atoms with van der Waals surface area (Å²) >= 11 is 0. The van der Waals surface area contributed by atoms with Crippen molar-refractivity contribution in [2.75, 3.05) is 12.4 Å². The topological polar surface area (TPSA) is 76.1 Å². The van der Waals surface area contributed by atoms with E-state index in [0.717, 1.165) is 25.7 Å². The summed E-state index contributed by atoms with van der Waals surface area (Å²) in [7, 11) is 1.51. The van der Waals surface area contributed by atoms with E-state index in [0.29, 0.717) is 11.9 Å². The predicted octanol–water partition coefficient (Wildman–Crippen LogP) is 2.37. The monoisotopic (exact) mass is 304 g/mol. The predicted molar refractivity (Wildman–Crippen MR) is 84.1 cm³/mol. The lowest BCUT2D eigenvalue weighted by molar-refractivity contribution is 0.0724. The molecule has 1 aromatic heterocycles. The Kier molecular flexibility index (Phi) is 3.93. The molecule has 6 heteroatoms. The lowest BCUT2D eigenvalue weighted by Crippen LogP contribution is -2.52. The van der Waals surface area contributed by atoms with Crippen molar-refractivity contribution in [1.82, 2.24) is 15.3 Å². The Morgan fingerprint density at radius 3 is 2.64 bits per heavy atom. The molecule has 1 amide bonds. The molecule has 2 fully saturated rings. The first kappa shape index (κ1) is 15.1. The Morgan fingerprint density at radius 2 is 2.14 bits per heavy atom. The van der Waals surface area contributed by atoms with E-state index >= 15 is 0 Å². The molecule has 1 atom stereocenters. The highest BCUT2D eigenvalue weighted by atomic mass is 16.5. The van der Waals surface area contributed by atoms with Gasteiger partial charge in [0.15, 0.2) is 5.69 Å². The van der Waals surface area contributed by atoms with Crippen LogP contribution in [-0.4, -0.2) is 35.1 Å². The van der Waals surface area contributed by atoms with Crippen LogP contribution in [0, 0.1) is 5.41 Å². The summed E-state index contributed by atoms with van der Waals surface area (Å²) in [6.45, 7) is 4.33. The zero-order valence-electron chi connectivity index (χ0n) is 13.5. The minimum absolute atomic E-state index is 0.151. The highest BCUT2D eigenvalue weighted by molar-refractivity contribution is 5.95. The van der Waals surface area contributed by atoms with Crippen molar-refractivity contribution in [3.05, 3.63) is 11.9 Å². The Morgan fingerprint density at radius 1 is 1.36 bits per heavy atom. The lowest BCUT2D eigenvalue weighted by atomic mass is 9.67. The Bertz CT molecular complexity index is 569. The third-order valence-electron chi connectivity index (χ3n) is 4.93. The van der Waals surface area contributed by atoms with Crippen molar-refractivity contribution >= 4 is 11.7 Å². The number of carbonyl (C=O) groups is 1. The van der Waals surface area contributed by atoms with Gasteiger partial charge in [0, 0.05) is 12.1 Å². The van der Waals surface area contributed by atoms with E-state index in [9.17, 15) is 4.79 Å². The molecule has 0 saturated heterocycles. The second-order valence-corrected chi connectivity index (χ2v) is 6.94. The number of anilines is 1. The molecule has 0 bridgehead atoms. The van der Waals surface area contributed by atoms with Gasteiger partial charge in [0.05, 0.1) is 13.3 Å². The van der Waals surface area contributed by atoms with E-state index < -0.39 is 0 Å². The summed E-state index contributed by atoms with van der Waals surface area (Å²) in [6, 6.07) is 0.638. The molecular formula is C16H24N4O2. The van der Waals surface area contributed by atoms with E-state index in [1.165, 1.54) is 13.5 Å². The first-order valence-electron chi connectivity index (χ1n) is 7.98. The largest absolute Gasteiger partial charge is 0.479 e. The van der Waals surface area contributed by atoms with Crippen molar-refractivity contribution < 1.29 is 9.53 Å². The minimum atomic E-state index is -0.209. The molecular weight excluding hydrogens is 280 g/mol. The first-order chi connectivity index (χ1) is 10.5. The fourth-order valence-corrected chi connectivity index (χ4v) is 2.87. The van der Waals surface area contributed by atoms with Crippen LogP contribution in [0.1, 0.15) is 56.4 Å². The van der Waals surface area contributed by atoms with E-state index in [1.54, 1.807) is 6.20 Å². The zero-order valence-corrected chi connectivity index (χ0v) is 13.5. The zero-order chi connectivity index (χ0) is 15.7. The first-order valence-corrected chi connectivity index (χ1v) is 7.98. The maximum Gasteiger partial charge on any atom is 0.275 e. The average Bonchev–Trinajstić information content (AvgIpc) is 2.47. The van der Waals surface area contributed by atoms with Crippen LogP contribution in [0.4, 0.5) is 5.82 Å². The summed E-state index contributed by atoms with van der Waals surface area (Å²) in [6.07, 6.45) is 7.29. The van der Waals surface area contributed by atoms with Gasteiger partial charge in [-0.3, -0.25) is 4.79 Å². The number of hydrogen-bond donors (Lipinski definition) is 2. The third-order valence-corrected chi connectivity index (χ3v) is 4.93. The van der Waals surface area contributed by atoms with Crippen LogP contribution in [0.25, 0.3) is 0 Å². The molecule has 0 radical (unpaired) electrons. The van der Waals surface area contributed by atoms with Crippen LogP contribution in [-0.2, 0) is 0 Å². The van der Waals surface area contributed by atoms with Crippen molar-refractivity contribution in [2.45, 2.75) is 58.0 Å². The van der Waals surface area contributed by atoms with E-state index in [2.05, 4.69) is 34.4 Å². The molecule has 0 aliphatic heterocycles. The van der Waals surface area contributed by atoms with Crippen molar-refractivity contribution in [3.8, 4) is 5.88 Å². The summed E-state index contributed by atoms with van der Waals surface area (Å²) in [4.78, 5) is 21.1. The Balaban J connectivity index is 1.74. The van der Waals surface area contributed by atoms with Crippen molar-refractivity contribution in [2.24, 2.45) is 5.41 Å². The summed E-state index contributed by atoms with van der Waals surface area (Å²) in [5.74, 6) is 0.705. The van der Waals surface area contributed by atoms with Crippen LogP contribution < -0.4 is 15.4 Å². The van der Waals surface area contributed by atoms with Gasteiger partial charge in [0.2, 0.25) is 5.88 Å². The number of amides is 1. The average molecular weight is 304 g/mol. The van der Waals surface area contributed by atoms with E-state index in [-0.39, 0.29) is 28.9 Å². The van der Waals surface area contributed by atoms with Gasteiger partial charge in [-0.05, 0) is 37.5 Å². The number of methoxy groups -OCH3 is 1. The summed E-state index contributed by atoms with van der Waals surface area (Å²) in [5, 5.41) is 6.37. The molecule has 0 aromatic carbocycles. The number of rotatable bonds is 5. The number of nitrogens with zero attached hydrogens (tertiary/aromatic N) is 2. The quantitative estimate of drug-likeness (QED) is 0.873. The van der Waals surface area contributed by atoms with Gasteiger partial charge in [-0.15, -0.1) is 0 Å². The van der Waals surface area contributed by atoms with Gasteiger partial charge in [-0.25, -0.2) is 9.97 Å². The van der Waals surface area contributed by atoms with E-state index in [4.69, 9.17) is 4.74 Å². The minimum Gasteiger partial charge on any atom is -0.479 e. The number of aromatic nitrogens is 2. The van der Waals surface area contributed by atoms with Gasteiger partial charge in [-0.2, -0.15) is 0 Å². The van der Waals surface area contributed by atoms with Crippen LogP contribution in [0.5, 0.6) is 5.88 Å². The van der Waals surface area contributed by atoms with Crippen molar-refractivity contribution in [1.29, 1.82) is 0 Å². The third kappa shape index (κ3) is 2.87. The Labute approximate surface area is 131 Å². The number of ether oxygens (including phenoxy) is 1. The molecule has 2 aliphatic rings. The standard InChI is InChI=1S/C16H24N4O2/c1-16(2)8-7-11(16)19-14(21)13-15(22-3)17-9-12(20-13)18-10-5-4-6-10/h9-11H,4-8H2,1-3H3,(H,18,20)(H,19,21). The van der Waals surface area contributed by atoms with Gasteiger partial charge >= 0.3 is 0 Å². The fourth-order valence-electron chi connectivity index (χ4n) is 2.87. The number of carbonyl (C=O) groups excluding carboxylic acids is 1. The molecule has 3 rings (SSSR count). The van der Waals surface area contributed by atoms with Crippen LogP contribution in [0.3, 0.4) is 0 Å². The number of nitrogens with one attached hydrogen (secondary N) is 2. The Hall–Kier alpha value is -1.85. The summed E-state index contributed by atoms with van der Waals surface area (Å²) < 4.78 is 5.19. The highest BCUT2D eigenvalue weighted by Crippen LogP contribution is 2.40. The highest BCUT2D eigenvalue weighted by Gasteiger charge is 2.40. The van der Waals surface area contributed by atoms with Gasteiger partial charge in [0.1, 0.15) is 5.82 Å². The van der Waals surface area contributed by atoms with Crippen molar-refractivity contribution in [3.63, 3.8) is 0 Å². The van der Waals surface area contributed by atoms with Gasteiger partial charge in [0.25, 0.3) is 5.91 Å². The number of hydrogen-bond acceptors (Lipinski definition) is 5. The van der Waals surface area contributed by atoms with E-state index in [1.807, 2.05) is 0 Å². The SMILES string of the molecule is COc1ncc(NC2CCC2)nc1C(=O)NC1CCC1(C)C. The lowest BCUT2D eigenvalue weighted by Gasteiger charge is -2.44. The second kappa shape index (κ2) is 5.74. The molecule has 1 unspecified atom stereocenters. The molecule has 1 aromatic rings. The molecule has 1 heterocycles. The molecule has 2 N–H and O–H groups in total. The maximum atomic E-state index is 12.5. The smallest absolute Gasteiger partial charge is 0.275 e.